The van der Waals surface area contributed by atoms with Crippen molar-refractivity contribution in [2.45, 2.75) is 96.4 Å². The van der Waals surface area contributed by atoms with Crippen molar-refractivity contribution in [1.29, 1.82) is 0 Å². The van der Waals surface area contributed by atoms with Gasteiger partial charge >= 0.3 is 0 Å². The van der Waals surface area contributed by atoms with Crippen LogP contribution in [0.4, 0.5) is 0 Å². The zero-order chi connectivity index (χ0) is 15.9. The molecule has 0 aliphatic heterocycles. The first-order valence-corrected chi connectivity index (χ1v) is 9.62. The largest absolute Gasteiger partial charge is 0.327 e. The minimum absolute atomic E-state index is 0. The fourth-order valence-electron chi connectivity index (χ4n) is 3.09. The maximum absolute atomic E-state index is 6.23. The molecule has 2 N–H and O–H groups in total. The highest BCUT2D eigenvalue weighted by atomic mass is 35.5. The molecule has 134 valence electrons. The van der Waals surface area contributed by atoms with Crippen LogP contribution in [0.5, 0.6) is 0 Å². The van der Waals surface area contributed by atoms with E-state index in [-0.39, 0.29) is 12.4 Å². The smallest absolute Gasteiger partial charge is 0.00793 e. The van der Waals surface area contributed by atoms with E-state index < -0.39 is 0 Å². The van der Waals surface area contributed by atoms with E-state index in [2.05, 4.69) is 37.3 Å². The lowest BCUT2D eigenvalue weighted by atomic mass is 10.00. The summed E-state index contributed by atoms with van der Waals surface area (Å²) in [6.45, 7) is 2.28. The summed E-state index contributed by atoms with van der Waals surface area (Å²) in [6.07, 6.45) is 17.6. The maximum atomic E-state index is 6.23. The molecule has 0 amide bonds. The van der Waals surface area contributed by atoms with Crippen molar-refractivity contribution < 1.29 is 0 Å². The van der Waals surface area contributed by atoms with Gasteiger partial charge in [-0.05, 0) is 18.4 Å². The van der Waals surface area contributed by atoms with Crippen LogP contribution in [0.15, 0.2) is 30.3 Å². The molecule has 0 aliphatic rings. The van der Waals surface area contributed by atoms with Crippen molar-refractivity contribution in [2.75, 3.05) is 0 Å². The van der Waals surface area contributed by atoms with Gasteiger partial charge in [-0.15, -0.1) is 12.4 Å². The predicted octanol–water partition coefficient (Wildman–Crippen LogP) is 6.68. The molecule has 0 fully saturated rings. The lowest BCUT2D eigenvalue weighted by Gasteiger charge is -2.11. The van der Waals surface area contributed by atoms with E-state index in [4.69, 9.17) is 5.73 Å². The molecule has 2 heteroatoms. The Bertz CT molecular complexity index is 339. The van der Waals surface area contributed by atoms with Crippen LogP contribution in [0.2, 0.25) is 0 Å². The molecule has 0 aliphatic carbocycles. The molecule has 0 heterocycles. The van der Waals surface area contributed by atoms with E-state index in [1.165, 1.54) is 82.6 Å². The van der Waals surface area contributed by atoms with Crippen molar-refractivity contribution >= 4 is 12.4 Å². The van der Waals surface area contributed by atoms with Crippen LogP contribution in [0.25, 0.3) is 0 Å². The second kappa shape index (κ2) is 16.3. The number of benzene rings is 1. The Balaban J connectivity index is 0.00000484. The zero-order valence-electron chi connectivity index (χ0n) is 15.1. The predicted molar refractivity (Wildman–Crippen MR) is 106 cm³/mol. The first kappa shape index (κ1) is 22.5. The molecular formula is C21H38ClN. The van der Waals surface area contributed by atoms with Gasteiger partial charge in [-0.1, -0.05) is 108 Å². The number of hydrogen-bond donors (Lipinski definition) is 1. The highest BCUT2D eigenvalue weighted by molar-refractivity contribution is 5.85. The fraction of sp³-hybridized carbons (Fsp3) is 0.714. The maximum Gasteiger partial charge on any atom is 0.00793 e. The van der Waals surface area contributed by atoms with Crippen molar-refractivity contribution in [3.05, 3.63) is 35.9 Å². The molecule has 0 saturated heterocycles. The third-order valence-corrected chi connectivity index (χ3v) is 4.52. The second-order valence-electron chi connectivity index (χ2n) is 6.77. The third kappa shape index (κ3) is 13.6. The van der Waals surface area contributed by atoms with Crippen LogP contribution < -0.4 is 5.73 Å². The summed E-state index contributed by atoms with van der Waals surface area (Å²) in [7, 11) is 0. The molecule has 1 rings (SSSR count). The Morgan fingerprint density at radius 3 is 1.74 bits per heavy atom. The summed E-state index contributed by atoms with van der Waals surface area (Å²) in [5, 5.41) is 0. The van der Waals surface area contributed by atoms with Gasteiger partial charge in [-0.2, -0.15) is 0 Å². The Hall–Kier alpha value is -0.530. The third-order valence-electron chi connectivity index (χ3n) is 4.52. The van der Waals surface area contributed by atoms with Crippen molar-refractivity contribution in [3.8, 4) is 0 Å². The minimum Gasteiger partial charge on any atom is -0.327 e. The van der Waals surface area contributed by atoms with Gasteiger partial charge in [0.25, 0.3) is 0 Å². The van der Waals surface area contributed by atoms with Gasteiger partial charge in [0.05, 0.1) is 0 Å². The highest BCUT2D eigenvalue weighted by Crippen LogP contribution is 2.13. The van der Waals surface area contributed by atoms with Gasteiger partial charge in [0.15, 0.2) is 0 Å². The average Bonchev–Trinajstić information content (AvgIpc) is 2.53. The molecule has 23 heavy (non-hydrogen) atoms. The number of halogens is 1. The summed E-state index contributed by atoms with van der Waals surface area (Å²) in [4.78, 5) is 0. The van der Waals surface area contributed by atoms with Crippen LogP contribution in [0.3, 0.4) is 0 Å². The fourth-order valence-corrected chi connectivity index (χ4v) is 3.09. The number of nitrogens with two attached hydrogens (primary N) is 1. The molecule has 0 saturated carbocycles. The van der Waals surface area contributed by atoms with Crippen LogP contribution in [-0.2, 0) is 6.42 Å². The van der Waals surface area contributed by atoms with Gasteiger partial charge in [-0.3, -0.25) is 0 Å². The molecular weight excluding hydrogens is 302 g/mol. The molecule has 1 unspecified atom stereocenters. The van der Waals surface area contributed by atoms with Gasteiger partial charge in [0.2, 0.25) is 0 Å². The van der Waals surface area contributed by atoms with Crippen LogP contribution in [0, 0.1) is 0 Å². The van der Waals surface area contributed by atoms with Crippen molar-refractivity contribution in [2.24, 2.45) is 5.73 Å². The molecule has 1 atom stereocenters. The van der Waals surface area contributed by atoms with E-state index in [9.17, 15) is 0 Å². The lowest BCUT2D eigenvalue weighted by Crippen LogP contribution is -2.22. The van der Waals surface area contributed by atoms with Crippen molar-refractivity contribution in [1.82, 2.24) is 0 Å². The molecule has 0 aromatic heterocycles. The normalized spacial score (nSPS) is 11.9. The molecule has 1 aromatic rings. The highest BCUT2D eigenvalue weighted by Gasteiger charge is 2.03. The van der Waals surface area contributed by atoms with Crippen LogP contribution in [0.1, 0.15) is 89.5 Å². The number of rotatable bonds is 14. The first-order chi connectivity index (χ1) is 10.8. The Morgan fingerprint density at radius 2 is 1.22 bits per heavy atom. The van der Waals surface area contributed by atoms with Gasteiger partial charge < -0.3 is 5.73 Å². The van der Waals surface area contributed by atoms with Gasteiger partial charge in [0.1, 0.15) is 0 Å². The average molecular weight is 340 g/mol. The zero-order valence-corrected chi connectivity index (χ0v) is 16.0. The quantitative estimate of drug-likeness (QED) is 0.376. The second-order valence-corrected chi connectivity index (χ2v) is 6.77. The first-order valence-electron chi connectivity index (χ1n) is 9.62. The van der Waals surface area contributed by atoms with E-state index in [0.29, 0.717) is 6.04 Å². The number of unbranched alkanes of at least 4 members (excludes halogenated alkanes) is 10. The summed E-state index contributed by atoms with van der Waals surface area (Å²) in [5.74, 6) is 0. The van der Waals surface area contributed by atoms with Crippen LogP contribution >= 0.6 is 12.4 Å². The summed E-state index contributed by atoms with van der Waals surface area (Å²) in [5.41, 5.74) is 7.60. The van der Waals surface area contributed by atoms with E-state index >= 15 is 0 Å². The van der Waals surface area contributed by atoms with Crippen LogP contribution in [-0.4, -0.2) is 6.04 Å². The Morgan fingerprint density at radius 1 is 0.739 bits per heavy atom. The monoisotopic (exact) mass is 339 g/mol. The Labute approximate surface area is 150 Å². The topological polar surface area (TPSA) is 26.0 Å². The van der Waals surface area contributed by atoms with E-state index in [0.717, 1.165) is 6.42 Å². The Kier molecular flexibility index (Phi) is 16.0. The van der Waals surface area contributed by atoms with E-state index in [1.807, 2.05) is 0 Å². The van der Waals surface area contributed by atoms with E-state index in [1.54, 1.807) is 0 Å². The molecule has 1 nitrogen and oxygen atoms in total. The summed E-state index contributed by atoms with van der Waals surface area (Å²) in [6, 6.07) is 11.0. The molecule has 0 bridgehead atoms. The molecule has 1 aromatic carbocycles. The van der Waals surface area contributed by atoms with Gasteiger partial charge in [0, 0.05) is 6.04 Å². The van der Waals surface area contributed by atoms with Crippen molar-refractivity contribution in [3.63, 3.8) is 0 Å². The lowest BCUT2D eigenvalue weighted by molar-refractivity contribution is 0.518. The standard InChI is InChI=1S/C21H37N.ClH/c1-2-3-4-5-6-7-8-9-10-11-15-18-21(22)19-20-16-13-12-14-17-20;/h12-14,16-17,21H,2-11,15,18-19,22H2,1H3;1H. The SMILES string of the molecule is CCCCCCCCCCCCCC(N)Cc1ccccc1.Cl. The van der Waals surface area contributed by atoms with Gasteiger partial charge in [-0.25, -0.2) is 0 Å². The summed E-state index contributed by atoms with van der Waals surface area (Å²) < 4.78 is 0. The summed E-state index contributed by atoms with van der Waals surface area (Å²) >= 11 is 0. The number of hydrogen-bond acceptors (Lipinski definition) is 1. The molecule has 0 radical (unpaired) electrons. The minimum atomic E-state index is 0. The molecule has 0 spiro atoms.